The van der Waals surface area contributed by atoms with Crippen molar-refractivity contribution < 1.29 is 9.74 Å². The molecule has 2 saturated heterocycles. The number of aliphatic hydroxyl groups is 1. The van der Waals surface area contributed by atoms with Crippen LogP contribution >= 0.6 is 0 Å². The van der Waals surface area contributed by atoms with E-state index in [1.807, 2.05) is 12.1 Å². The van der Waals surface area contributed by atoms with E-state index in [1.54, 1.807) is 0 Å². The van der Waals surface area contributed by atoms with Gasteiger partial charge in [-0.3, -0.25) is 4.90 Å². The van der Waals surface area contributed by atoms with Gasteiger partial charge in [0.25, 0.3) is 0 Å². The quantitative estimate of drug-likeness (QED) is 0.896. The molecule has 0 spiro atoms. The Morgan fingerprint density at radius 1 is 1.04 bits per heavy atom. The molecule has 2 aliphatic heterocycles. The third-order valence-electron chi connectivity index (χ3n) is 5.85. The van der Waals surface area contributed by atoms with E-state index in [4.69, 9.17) is 4.63 Å². The average molecular weight is 344 g/mol. The molecule has 6 nitrogen and oxygen atoms in total. The van der Waals surface area contributed by atoms with Crippen LogP contribution in [0, 0.1) is 11.8 Å². The van der Waals surface area contributed by atoms with Crippen LogP contribution in [-0.4, -0.2) is 64.6 Å². The summed E-state index contributed by atoms with van der Waals surface area (Å²) in [6.45, 7) is 7.08. The molecule has 136 valence electrons. The van der Waals surface area contributed by atoms with E-state index in [0.29, 0.717) is 12.5 Å². The van der Waals surface area contributed by atoms with Crippen molar-refractivity contribution in [1.29, 1.82) is 0 Å². The Bertz CT molecular complexity index is 681. The lowest BCUT2D eigenvalue weighted by molar-refractivity contribution is 0.0910. The van der Waals surface area contributed by atoms with E-state index in [9.17, 15) is 5.11 Å². The highest BCUT2D eigenvalue weighted by atomic mass is 16.6. The highest BCUT2D eigenvalue weighted by molar-refractivity contribution is 5.76. The summed E-state index contributed by atoms with van der Waals surface area (Å²) < 4.78 is 4.89. The van der Waals surface area contributed by atoms with Crippen molar-refractivity contribution in [3.63, 3.8) is 0 Å². The number of hydrogen-bond donors (Lipinski definition) is 1. The monoisotopic (exact) mass is 344 g/mol. The Labute approximate surface area is 148 Å². The van der Waals surface area contributed by atoms with Crippen LogP contribution in [0.1, 0.15) is 31.2 Å². The molecule has 4 rings (SSSR count). The fourth-order valence-corrected chi connectivity index (χ4v) is 4.39. The van der Waals surface area contributed by atoms with E-state index in [-0.39, 0.29) is 0 Å². The van der Waals surface area contributed by atoms with Crippen molar-refractivity contribution in [2.75, 3.05) is 39.3 Å². The zero-order chi connectivity index (χ0) is 17.1. The number of likely N-dealkylation sites (tertiary alicyclic amines) is 2. The summed E-state index contributed by atoms with van der Waals surface area (Å²) in [7, 11) is 0. The zero-order valence-electron chi connectivity index (χ0n) is 14.8. The minimum Gasteiger partial charge on any atom is -0.396 e. The molecule has 2 fully saturated rings. The third kappa shape index (κ3) is 4.02. The maximum atomic E-state index is 9.29. The normalized spacial score (nSPS) is 24.1. The predicted molar refractivity (Wildman–Crippen MR) is 96.1 cm³/mol. The molecule has 6 heteroatoms. The maximum Gasteiger partial charge on any atom is 0.139 e. The Morgan fingerprint density at radius 3 is 2.76 bits per heavy atom. The summed E-state index contributed by atoms with van der Waals surface area (Å²) in [6, 6.07) is 6.12. The second kappa shape index (κ2) is 7.81. The predicted octanol–water partition coefficient (Wildman–Crippen LogP) is 2.14. The van der Waals surface area contributed by atoms with Gasteiger partial charge in [0.1, 0.15) is 11.0 Å². The Morgan fingerprint density at radius 2 is 1.92 bits per heavy atom. The van der Waals surface area contributed by atoms with Gasteiger partial charge in [-0.1, -0.05) is 12.1 Å². The van der Waals surface area contributed by atoms with Gasteiger partial charge in [0.2, 0.25) is 0 Å². The van der Waals surface area contributed by atoms with Crippen LogP contribution in [0.3, 0.4) is 0 Å². The number of aliphatic hydroxyl groups excluding tert-OH is 1. The van der Waals surface area contributed by atoms with Crippen LogP contribution in [0.4, 0.5) is 0 Å². The summed E-state index contributed by atoms with van der Waals surface area (Å²) in [5.41, 5.74) is 2.96. The topological polar surface area (TPSA) is 65.6 Å². The molecule has 25 heavy (non-hydrogen) atoms. The first-order valence-corrected chi connectivity index (χ1v) is 9.57. The second-order valence-electron chi connectivity index (χ2n) is 7.72. The fraction of sp³-hybridized carbons (Fsp3) is 0.684. The SMILES string of the molecule is OCC1CCN(CC2CCCN(Cc3cccc4nonc34)C2)CC1. The Kier molecular flexibility index (Phi) is 5.29. The molecule has 1 atom stereocenters. The molecule has 0 aliphatic carbocycles. The summed E-state index contributed by atoms with van der Waals surface area (Å²) in [5, 5.41) is 17.3. The summed E-state index contributed by atoms with van der Waals surface area (Å²) in [6.07, 6.45) is 4.89. The van der Waals surface area contributed by atoms with Gasteiger partial charge in [-0.15, -0.1) is 0 Å². The number of rotatable bonds is 5. The molecule has 2 aliphatic rings. The second-order valence-corrected chi connectivity index (χ2v) is 7.72. The first kappa shape index (κ1) is 16.9. The lowest BCUT2D eigenvalue weighted by Crippen LogP contribution is -2.43. The average Bonchev–Trinajstić information content (AvgIpc) is 3.13. The lowest BCUT2D eigenvalue weighted by Gasteiger charge is -2.38. The van der Waals surface area contributed by atoms with Gasteiger partial charge >= 0.3 is 0 Å². The third-order valence-corrected chi connectivity index (χ3v) is 5.85. The number of aromatic nitrogens is 2. The standard InChI is InChI=1S/C19H28N4O2/c24-14-15-6-9-22(10-7-15)11-16-3-2-8-23(12-16)13-17-4-1-5-18-19(17)21-25-20-18/h1,4-5,15-16,24H,2-3,6-14H2. The van der Waals surface area contributed by atoms with Crippen LogP contribution in [0.5, 0.6) is 0 Å². The van der Waals surface area contributed by atoms with Gasteiger partial charge in [-0.05, 0) is 79.1 Å². The molecule has 3 heterocycles. The summed E-state index contributed by atoms with van der Waals surface area (Å²) in [5.74, 6) is 1.27. The van der Waals surface area contributed by atoms with Crippen molar-refractivity contribution in [2.45, 2.75) is 32.2 Å². The molecule has 2 aromatic rings. The Balaban J connectivity index is 1.33. The summed E-state index contributed by atoms with van der Waals surface area (Å²) >= 11 is 0. The van der Waals surface area contributed by atoms with Gasteiger partial charge in [-0.2, -0.15) is 0 Å². The molecule has 0 amide bonds. The fourth-order valence-electron chi connectivity index (χ4n) is 4.39. The highest BCUT2D eigenvalue weighted by Gasteiger charge is 2.25. The molecule has 1 aromatic carbocycles. The van der Waals surface area contributed by atoms with Crippen molar-refractivity contribution >= 4 is 11.0 Å². The molecule has 1 N–H and O–H groups in total. The van der Waals surface area contributed by atoms with Crippen molar-refractivity contribution in [2.24, 2.45) is 11.8 Å². The maximum absolute atomic E-state index is 9.29. The van der Waals surface area contributed by atoms with Gasteiger partial charge in [-0.25, -0.2) is 4.63 Å². The molecule has 0 bridgehead atoms. The van der Waals surface area contributed by atoms with Crippen LogP contribution in [0.25, 0.3) is 11.0 Å². The largest absolute Gasteiger partial charge is 0.396 e. The van der Waals surface area contributed by atoms with Crippen LogP contribution < -0.4 is 0 Å². The van der Waals surface area contributed by atoms with Crippen LogP contribution in [-0.2, 0) is 6.54 Å². The van der Waals surface area contributed by atoms with Crippen molar-refractivity contribution in [1.82, 2.24) is 20.1 Å². The lowest BCUT2D eigenvalue weighted by atomic mass is 9.93. The van der Waals surface area contributed by atoms with Crippen molar-refractivity contribution in [3.8, 4) is 0 Å². The number of benzene rings is 1. The van der Waals surface area contributed by atoms with Gasteiger partial charge in [0.15, 0.2) is 0 Å². The molecule has 0 radical (unpaired) electrons. The number of hydrogen-bond acceptors (Lipinski definition) is 6. The number of piperidine rings is 2. The molecule has 1 unspecified atom stereocenters. The van der Waals surface area contributed by atoms with Gasteiger partial charge < -0.3 is 10.0 Å². The van der Waals surface area contributed by atoms with Crippen LogP contribution in [0.15, 0.2) is 22.8 Å². The number of fused-ring (bicyclic) bond motifs is 1. The first-order chi connectivity index (χ1) is 12.3. The molecule has 1 aromatic heterocycles. The smallest absolute Gasteiger partial charge is 0.139 e. The van der Waals surface area contributed by atoms with Gasteiger partial charge in [0.05, 0.1) is 0 Å². The van der Waals surface area contributed by atoms with Gasteiger partial charge in [0, 0.05) is 26.2 Å². The van der Waals surface area contributed by atoms with E-state index < -0.39 is 0 Å². The minimum absolute atomic E-state index is 0.355. The highest BCUT2D eigenvalue weighted by Crippen LogP contribution is 2.24. The van der Waals surface area contributed by atoms with E-state index in [2.05, 4.69) is 26.2 Å². The van der Waals surface area contributed by atoms with Crippen molar-refractivity contribution in [3.05, 3.63) is 23.8 Å². The molecular weight excluding hydrogens is 316 g/mol. The van der Waals surface area contributed by atoms with Crippen LogP contribution in [0.2, 0.25) is 0 Å². The number of nitrogens with zero attached hydrogens (tertiary/aromatic N) is 4. The zero-order valence-corrected chi connectivity index (χ0v) is 14.8. The van der Waals surface area contributed by atoms with E-state index in [0.717, 1.165) is 62.5 Å². The minimum atomic E-state index is 0.355. The molecule has 0 saturated carbocycles. The molecular formula is C19H28N4O2. The van der Waals surface area contributed by atoms with E-state index in [1.165, 1.54) is 24.9 Å². The Hall–Kier alpha value is -1.50. The van der Waals surface area contributed by atoms with E-state index >= 15 is 0 Å². The summed E-state index contributed by atoms with van der Waals surface area (Å²) in [4.78, 5) is 5.15. The first-order valence-electron chi connectivity index (χ1n) is 9.57.